The quantitative estimate of drug-likeness (QED) is 0.862. The van der Waals surface area contributed by atoms with Crippen LogP contribution in [0.15, 0.2) is 23.0 Å². The van der Waals surface area contributed by atoms with Crippen molar-refractivity contribution in [1.82, 2.24) is 9.13 Å². The molecule has 1 aromatic carbocycles. The van der Waals surface area contributed by atoms with Crippen molar-refractivity contribution in [2.75, 3.05) is 11.4 Å². The molecule has 1 N–H and O–H groups in total. The van der Waals surface area contributed by atoms with E-state index < -0.39 is 11.9 Å². The zero-order valence-corrected chi connectivity index (χ0v) is 11.7. The van der Waals surface area contributed by atoms with Gasteiger partial charge in [0.2, 0.25) is 5.91 Å². The normalized spacial score (nSPS) is 18.7. The SMILES string of the molecule is Cn1c(=O)n(C)c2cc(N3CC(C(=O)O)CC3=O)ccc21. The van der Waals surface area contributed by atoms with Crippen LogP contribution in [0.4, 0.5) is 5.69 Å². The molecular weight excluding hydrogens is 274 g/mol. The molecule has 0 spiro atoms. The van der Waals surface area contributed by atoms with Gasteiger partial charge in [-0.05, 0) is 18.2 Å². The van der Waals surface area contributed by atoms with Gasteiger partial charge in [0.05, 0.1) is 17.0 Å². The average molecular weight is 289 g/mol. The summed E-state index contributed by atoms with van der Waals surface area (Å²) in [6.07, 6.45) is 0.0150. The molecule has 1 fully saturated rings. The van der Waals surface area contributed by atoms with Crippen molar-refractivity contribution in [3.05, 3.63) is 28.7 Å². The monoisotopic (exact) mass is 289 g/mol. The fourth-order valence-electron chi connectivity index (χ4n) is 2.79. The van der Waals surface area contributed by atoms with Gasteiger partial charge in [0.25, 0.3) is 0 Å². The summed E-state index contributed by atoms with van der Waals surface area (Å²) in [6.45, 7) is 0.167. The molecular formula is C14H15N3O4. The first-order valence-corrected chi connectivity index (χ1v) is 6.59. The highest BCUT2D eigenvalue weighted by Crippen LogP contribution is 2.27. The van der Waals surface area contributed by atoms with Gasteiger partial charge in [-0.1, -0.05) is 0 Å². The summed E-state index contributed by atoms with van der Waals surface area (Å²) in [5.74, 6) is -1.84. The molecule has 3 rings (SSSR count). The maximum absolute atomic E-state index is 12.0. The molecule has 1 aliphatic rings. The van der Waals surface area contributed by atoms with Crippen LogP contribution in [0.2, 0.25) is 0 Å². The number of carbonyl (C=O) groups excluding carboxylic acids is 1. The molecule has 0 radical (unpaired) electrons. The molecule has 21 heavy (non-hydrogen) atoms. The Kier molecular flexibility index (Phi) is 2.86. The summed E-state index contributed by atoms with van der Waals surface area (Å²) in [5.41, 5.74) is 1.97. The van der Waals surface area contributed by atoms with Crippen LogP contribution < -0.4 is 10.6 Å². The molecule has 110 valence electrons. The maximum atomic E-state index is 12.0. The van der Waals surface area contributed by atoms with E-state index in [1.807, 2.05) is 0 Å². The molecule has 2 heterocycles. The number of hydrogen-bond donors (Lipinski definition) is 1. The van der Waals surface area contributed by atoms with E-state index in [1.165, 1.54) is 14.0 Å². The van der Waals surface area contributed by atoms with Crippen molar-refractivity contribution in [3.8, 4) is 0 Å². The lowest BCUT2D eigenvalue weighted by molar-refractivity contribution is -0.141. The van der Waals surface area contributed by atoms with Crippen molar-refractivity contribution < 1.29 is 14.7 Å². The Labute approximate surface area is 120 Å². The number of aromatic nitrogens is 2. The third-order valence-electron chi connectivity index (χ3n) is 4.04. The van der Waals surface area contributed by atoms with E-state index in [9.17, 15) is 14.4 Å². The molecule has 1 atom stereocenters. The molecule has 2 aromatic rings. The molecule has 1 unspecified atom stereocenters. The summed E-state index contributed by atoms with van der Waals surface area (Å²) < 4.78 is 3.04. The van der Waals surface area contributed by atoms with Gasteiger partial charge in [-0.2, -0.15) is 0 Å². The van der Waals surface area contributed by atoms with Crippen molar-refractivity contribution >= 4 is 28.6 Å². The average Bonchev–Trinajstić information content (AvgIpc) is 2.94. The van der Waals surface area contributed by atoms with Crippen molar-refractivity contribution in [1.29, 1.82) is 0 Å². The second kappa shape index (κ2) is 4.47. The van der Waals surface area contributed by atoms with Gasteiger partial charge in [0.1, 0.15) is 0 Å². The summed E-state index contributed by atoms with van der Waals surface area (Å²) in [5, 5.41) is 9.02. The Morgan fingerprint density at radius 3 is 2.48 bits per heavy atom. The number of amides is 1. The largest absolute Gasteiger partial charge is 0.481 e. The highest BCUT2D eigenvalue weighted by molar-refractivity contribution is 6.00. The topological polar surface area (TPSA) is 84.5 Å². The van der Waals surface area contributed by atoms with Gasteiger partial charge in [0, 0.05) is 32.7 Å². The molecule has 0 aliphatic carbocycles. The lowest BCUT2D eigenvalue weighted by Gasteiger charge is -2.16. The Morgan fingerprint density at radius 1 is 1.19 bits per heavy atom. The number of anilines is 1. The number of carboxylic acid groups (broad SMARTS) is 1. The molecule has 0 saturated carbocycles. The number of rotatable bonds is 2. The molecule has 1 amide bonds. The molecule has 1 saturated heterocycles. The lowest BCUT2D eigenvalue weighted by Crippen LogP contribution is -2.25. The Balaban J connectivity index is 2.06. The van der Waals surface area contributed by atoms with Crippen LogP contribution in [0.1, 0.15) is 6.42 Å². The predicted molar refractivity (Wildman–Crippen MR) is 76.3 cm³/mol. The maximum Gasteiger partial charge on any atom is 0.328 e. The summed E-state index contributed by atoms with van der Waals surface area (Å²) in [4.78, 5) is 36.3. The van der Waals surface area contributed by atoms with Gasteiger partial charge in [0.15, 0.2) is 0 Å². The first-order valence-electron chi connectivity index (χ1n) is 6.59. The second-order valence-electron chi connectivity index (χ2n) is 5.32. The first kappa shape index (κ1) is 13.4. The summed E-state index contributed by atoms with van der Waals surface area (Å²) >= 11 is 0. The zero-order chi connectivity index (χ0) is 15.3. The fourth-order valence-corrected chi connectivity index (χ4v) is 2.79. The molecule has 7 heteroatoms. The van der Waals surface area contributed by atoms with Gasteiger partial charge in [-0.15, -0.1) is 0 Å². The summed E-state index contributed by atoms with van der Waals surface area (Å²) in [6, 6.07) is 5.26. The van der Waals surface area contributed by atoms with E-state index in [0.29, 0.717) is 11.2 Å². The lowest BCUT2D eigenvalue weighted by atomic mass is 10.1. The number of aryl methyl sites for hydroxylation is 2. The Morgan fingerprint density at radius 2 is 1.86 bits per heavy atom. The van der Waals surface area contributed by atoms with Crippen LogP contribution in [0.3, 0.4) is 0 Å². The van der Waals surface area contributed by atoms with Crippen LogP contribution in [-0.4, -0.2) is 32.7 Å². The third-order valence-corrected chi connectivity index (χ3v) is 4.04. The van der Waals surface area contributed by atoms with Crippen LogP contribution in [0, 0.1) is 5.92 Å². The molecule has 1 aromatic heterocycles. The van der Waals surface area contributed by atoms with E-state index in [4.69, 9.17) is 5.11 Å². The Bertz CT molecular complexity index is 817. The van der Waals surface area contributed by atoms with Crippen molar-refractivity contribution in [3.63, 3.8) is 0 Å². The molecule has 0 bridgehead atoms. The fraction of sp³-hybridized carbons (Fsp3) is 0.357. The number of carbonyl (C=O) groups is 2. The standard InChI is InChI=1S/C14H15N3O4/c1-15-10-4-3-9(6-11(10)16(2)14(15)21)17-7-8(13(19)20)5-12(17)18/h3-4,6,8H,5,7H2,1-2H3,(H,19,20). The zero-order valence-electron chi connectivity index (χ0n) is 11.7. The first-order chi connectivity index (χ1) is 9.90. The van der Waals surface area contributed by atoms with E-state index in [-0.39, 0.29) is 24.6 Å². The van der Waals surface area contributed by atoms with Crippen LogP contribution in [0.25, 0.3) is 11.0 Å². The number of hydrogen-bond acceptors (Lipinski definition) is 3. The van der Waals surface area contributed by atoms with Gasteiger partial charge < -0.3 is 10.0 Å². The number of fused-ring (bicyclic) bond motifs is 1. The van der Waals surface area contributed by atoms with E-state index in [2.05, 4.69) is 0 Å². The minimum absolute atomic E-state index is 0.0150. The highest BCUT2D eigenvalue weighted by Gasteiger charge is 2.35. The number of aliphatic carboxylic acids is 1. The van der Waals surface area contributed by atoms with E-state index in [1.54, 1.807) is 32.3 Å². The smallest absolute Gasteiger partial charge is 0.328 e. The van der Waals surface area contributed by atoms with Gasteiger partial charge >= 0.3 is 11.7 Å². The summed E-state index contributed by atoms with van der Waals surface area (Å²) in [7, 11) is 3.35. The van der Waals surface area contributed by atoms with Crippen LogP contribution >= 0.6 is 0 Å². The van der Waals surface area contributed by atoms with Gasteiger partial charge in [-0.3, -0.25) is 18.7 Å². The Hall–Kier alpha value is -2.57. The third kappa shape index (κ3) is 1.93. The minimum atomic E-state index is -0.959. The van der Waals surface area contributed by atoms with E-state index in [0.717, 1.165) is 5.52 Å². The van der Waals surface area contributed by atoms with E-state index >= 15 is 0 Å². The van der Waals surface area contributed by atoms with Crippen molar-refractivity contribution in [2.24, 2.45) is 20.0 Å². The van der Waals surface area contributed by atoms with Crippen LogP contribution in [0.5, 0.6) is 0 Å². The predicted octanol–water partition coefficient (Wildman–Crippen LogP) is 0.314. The number of benzene rings is 1. The van der Waals surface area contributed by atoms with Gasteiger partial charge in [-0.25, -0.2) is 4.79 Å². The second-order valence-corrected chi connectivity index (χ2v) is 5.32. The number of carboxylic acids is 1. The number of nitrogens with zero attached hydrogens (tertiary/aromatic N) is 3. The van der Waals surface area contributed by atoms with Crippen molar-refractivity contribution in [2.45, 2.75) is 6.42 Å². The van der Waals surface area contributed by atoms with Crippen LogP contribution in [-0.2, 0) is 23.7 Å². The molecule has 7 nitrogen and oxygen atoms in total. The molecule has 1 aliphatic heterocycles. The minimum Gasteiger partial charge on any atom is -0.481 e. The number of imidazole rings is 1. The highest BCUT2D eigenvalue weighted by atomic mass is 16.4.